The van der Waals surface area contributed by atoms with Crippen LogP contribution in [0.1, 0.15) is 24.9 Å². The molecule has 130 valence electrons. The predicted octanol–water partition coefficient (Wildman–Crippen LogP) is 2.99. The zero-order valence-corrected chi connectivity index (χ0v) is 13.9. The summed E-state index contributed by atoms with van der Waals surface area (Å²) in [5.41, 5.74) is 1.51. The highest BCUT2D eigenvalue weighted by molar-refractivity contribution is 5.96. The molecule has 3 amide bonds. The molecule has 2 atom stereocenters. The molecular weight excluding hydrogens is 321 g/mol. The summed E-state index contributed by atoms with van der Waals surface area (Å²) in [5.74, 6) is -0.525. The molecule has 2 N–H and O–H groups in total. The van der Waals surface area contributed by atoms with E-state index in [0.717, 1.165) is 5.56 Å². The van der Waals surface area contributed by atoms with Crippen molar-refractivity contribution in [3.05, 3.63) is 66.0 Å². The number of carbonyl (C=O) groups excluding carboxylic acids is 2. The van der Waals surface area contributed by atoms with E-state index in [1.54, 1.807) is 12.1 Å². The second kappa shape index (κ2) is 7.34. The SMILES string of the molecule is C[C@@H](NC(=O)N[C@@H]1CC(=O)N(c2cccc(F)c2)C1)c1ccccc1. The highest BCUT2D eigenvalue weighted by atomic mass is 19.1. The van der Waals surface area contributed by atoms with Crippen LogP contribution in [0.3, 0.4) is 0 Å². The average Bonchev–Trinajstić information content (AvgIpc) is 2.95. The number of halogens is 1. The van der Waals surface area contributed by atoms with E-state index in [9.17, 15) is 14.0 Å². The Bertz CT molecular complexity index is 766. The van der Waals surface area contributed by atoms with Crippen molar-refractivity contribution < 1.29 is 14.0 Å². The summed E-state index contributed by atoms with van der Waals surface area (Å²) in [4.78, 5) is 25.8. The second-order valence-corrected chi connectivity index (χ2v) is 6.14. The van der Waals surface area contributed by atoms with Crippen molar-refractivity contribution in [1.82, 2.24) is 10.6 Å². The number of amides is 3. The first-order chi connectivity index (χ1) is 12.0. The lowest BCUT2D eigenvalue weighted by atomic mass is 10.1. The van der Waals surface area contributed by atoms with Crippen LogP contribution in [0.5, 0.6) is 0 Å². The Kier molecular flexibility index (Phi) is 4.97. The molecule has 1 aliphatic heterocycles. The van der Waals surface area contributed by atoms with Gasteiger partial charge in [0, 0.05) is 18.7 Å². The van der Waals surface area contributed by atoms with E-state index < -0.39 is 5.82 Å². The number of rotatable bonds is 4. The fraction of sp³-hybridized carbons (Fsp3) is 0.263. The molecule has 25 heavy (non-hydrogen) atoms. The lowest BCUT2D eigenvalue weighted by molar-refractivity contribution is -0.117. The maximum atomic E-state index is 13.3. The summed E-state index contributed by atoms with van der Waals surface area (Å²) < 4.78 is 13.3. The third-order valence-corrected chi connectivity index (χ3v) is 4.23. The molecule has 5 nitrogen and oxygen atoms in total. The molecule has 1 aliphatic rings. The molecule has 0 radical (unpaired) electrons. The van der Waals surface area contributed by atoms with E-state index in [2.05, 4.69) is 10.6 Å². The van der Waals surface area contributed by atoms with Gasteiger partial charge in [0.05, 0.1) is 12.1 Å². The molecule has 1 heterocycles. The standard InChI is InChI=1S/C19H20FN3O2/c1-13(14-6-3-2-4-7-14)21-19(25)22-16-11-18(24)23(12-16)17-9-5-8-15(20)10-17/h2-10,13,16H,11-12H2,1H3,(H2,21,22,25)/t13-,16-/m1/s1. The van der Waals surface area contributed by atoms with Crippen molar-refractivity contribution in [1.29, 1.82) is 0 Å². The van der Waals surface area contributed by atoms with Crippen LogP contribution in [0.15, 0.2) is 54.6 Å². The summed E-state index contributed by atoms with van der Waals surface area (Å²) >= 11 is 0. The van der Waals surface area contributed by atoms with Crippen LogP contribution in [0, 0.1) is 5.82 Å². The smallest absolute Gasteiger partial charge is 0.315 e. The van der Waals surface area contributed by atoms with Gasteiger partial charge >= 0.3 is 6.03 Å². The molecule has 0 saturated carbocycles. The minimum Gasteiger partial charge on any atom is -0.333 e. The van der Waals surface area contributed by atoms with Gasteiger partial charge < -0.3 is 15.5 Å². The summed E-state index contributed by atoms with van der Waals surface area (Å²) in [5, 5.41) is 5.68. The van der Waals surface area contributed by atoms with Crippen molar-refractivity contribution >= 4 is 17.6 Å². The van der Waals surface area contributed by atoms with Crippen LogP contribution >= 0.6 is 0 Å². The minimum absolute atomic E-state index is 0.132. The van der Waals surface area contributed by atoms with Gasteiger partial charge in [0.25, 0.3) is 0 Å². The molecule has 0 unspecified atom stereocenters. The molecule has 0 aliphatic carbocycles. The molecule has 1 fully saturated rings. The van der Waals surface area contributed by atoms with Crippen molar-refractivity contribution in [2.75, 3.05) is 11.4 Å². The number of urea groups is 1. The highest BCUT2D eigenvalue weighted by Crippen LogP contribution is 2.22. The number of carbonyl (C=O) groups is 2. The van der Waals surface area contributed by atoms with Gasteiger partial charge in [-0.05, 0) is 30.7 Å². The Morgan fingerprint density at radius 2 is 1.96 bits per heavy atom. The van der Waals surface area contributed by atoms with Crippen LogP contribution in [0.25, 0.3) is 0 Å². The molecule has 0 aromatic heterocycles. The normalized spacial score (nSPS) is 18.1. The number of hydrogen-bond acceptors (Lipinski definition) is 2. The van der Waals surface area contributed by atoms with Gasteiger partial charge in [-0.2, -0.15) is 0 Å². The number of benzene rings is 2. The van der Waals surface area contributed by atoms with E-state index in [4.69, 9.17) is 0 Å². The molecule has 0 bridgehead atoms. The van der Waals surface area contributed by atoms with Gasteiger partial charge in [0.15, 0.2) is 0 Å². The van der Waals surface area contributed by atoms with Gasteiger partial charge in [0.2, 0.25) is 5.91 Å². The van der Waals surface area contributed by atoms with Crippen molar-refractivity contribution in [3.63, 3.8) is 0 Å². The Labute approximate surface area is 145 Å². The number of anilines is 1. The van der Waals surface area contributed by atoms with Crippen molar-refractivity contribution in [3.8, 4) is 0 Å². The highest BCUT2D eigenvalue weighted by Gasteiger charge is 2.31. The van der Waals surface area contributed by atoms with Crippen LogP contribution in [0.2, 0.25) is 0 Å². The van der Waals surface area contributed by atoms with E-state index in [1.165, 1.54) is 17.0 Å². The van der Waals surface area contributed by atoms with Crippen molar-refractivity contribution in [2.24, 2.45) is 0 Å². The van der Waals surface area contributed by atoms with E-state index >= 15 is 0 Å². The molecule has 2 aromatic rings. The molecule has 2 aromatic carbocycles. The summed E-state index contributed by atoms with van der Waals surface area (Å²) in [6, 6.07) is 14.7. The van der Waals surface area contributed by atoms with Crippen LogP contribution in [0.4, 0.5) is 14.9 Å². The monoisotopic (exact) mass is 341 g/mol. The molecule has 3 rings (SSSR count). The first kappa shape index (κ1) is 17.0. The zero-order chi connectivity index (χ0) is 17.8. The summed E-state index contributed by atoms with van der Waals surface area (Å²) in [6.07, 6.45) is 0.198. The van der Waals surface area contributed by atoms with Gasteiger partial charge in [-0.15, -0.1) is 0 Å². The van der Waals surface area contributed by atoms with E-state index in [0.29, 0.717) is 12.2 Å². The third kappa shape index (κ3) is 4.15. The Balaban J connectivity index is 1.57. The predicted molar refractivity (Wildman–Crippen MR) is 93.7 cm³/mol. The fourth-order valence-corrected chi connectivity index (χ4v) is 2.95. The van der Waals surface area contributed by atoms with Gasteiger partial charge in [-0.25, -0.2) is 9.18 Å². The summed E-state index contributed by atoms with van der Waals surface area (Å²) in [7, 11) is 0. The molecule has 0 spiro atoms. The van der Waals surface area contributed by atoms with E-state index in [-0.39, 0.29) is 30.4 Å². The van der Waals surface area contributed by atoms with Crippen LogP contribution in [-0.2, 0) is 4.79 Å². The fourth-order valence-electron chi connectivity index (χ4n) is 2.95. The average molecular weight is 341 g/mol. The zero-order valence-electron chi connectivity index (χ0n) is 13.9. The Morgan fingerprint density at radius 1 is 1.20 bits per heavy atom. The molecule has 6 heteroatoms. The minimum atomic E-state index is -0.392. The van der Waals surface area contributed by atoms with Crippen LogP contribution < -0.4 is 15.5 Å². The Hall–Kier alpha value is -2.89. The topological polar surface area (TPSA) is 61.4 Å². The lowest BCUT2D eigenvalue weighted by Crippen LogP contribution is -2.44. The second-order valence-electron chi connectivity index (χ2n) is 6.14. The van der Waals surface area contributed by atoms with Gasteiger partial charge in [-0.1, -0.05) is 36.4 Å². The van der Waals surface area contributed by atoms with Crippen molar-refractivity contribution in [2.45, 2.75) is 25.4 Å². The summed E-state index contributed by atoms with van der Waals surface area (Å²) in [6.45, 7) is 2.23. The van der Waals surface area contributed by atoms with E-state index in [1.807, 2.05) is 37.3 Å². The van der Waals surface area contributed by atoms with Crippen LogP contribution in [-0.4, -0.2) is 24.5 Å². The first-order valence-electron chi connectivity index (χ1n) is 8.21. The Morgan fingerprint density at radius 3 is 2.68 bits per heavy atom. The maximum Gasteiger partial charge on any atom is 0.315 e. The molecular formula is C19H20FN3O2. The first-order valence-corrected chi connectivity index (χ1v) is 8.21. The number of nitrogens with zero attached hydrogens (tertiary/aromatic N) is 1. The molecule has 1 saturated heterocycles. The number of hydrogen-bond donors (Lipinski definition) is 2. The van der Waals surface area contributed by atoms with Gasteiger partial charge in [0.1, 0.15) is 5.82 Å². The maximum absolute atomic E-state index is 13.3. The largest absolute Gasteiger partial charge is 0.333 e. The van der Waals surface area contributed by atoms with Gasteiger partial charge in [-0.3, -0.25) is 4.79 Å². The number of nitrogens with one attached hydrogen (secondary N) is 2. The quantitative estimate of drug-likeness (QED) is 0.898. The lowest BCUT2D eigenvalue weighted by Gasteiger charge is -2.19. The third-order valence-electron chi connectivity index (χ3n) is 4.23.